The molecule has 1 amide bonds. The molecule has 0 spiro atoms. The third-order valence-electron chi connectivity index (χ3n) is 4.68. The number of hydrogen-bond acceptors (Lipinski definition) is 6. The van der Waals surface area contributed by atoms with Crippen LogP contribution < -0.4 is 5.73 Å². The molecule has 0 radical (unpaired) electrons. The van der Waals surface area contributed by atoms with Gasteiger partial charge < -0.3 is 10.5 Å². The number of carbonyl (C=O) groups excluding carboxylic acids is 1. The minimum atomic E-state index is -1.07. The monoisotopic (exact) mass is 337 g/mol. The third-order valence-corrected chi connectivity index (χ3v) is 4.68. The summed E-state index contributed by atoms with van der Waals surface area (Å²) in [6.45, 7) is 1.61. The first kappa shape index (κ1) is 17.6. The van der Waals surface area contributed by atoms with Crippen LogP contribution in [-0.4, -0.2) is 21.5 Å². The summed E-state index contributed by atoms with van der Waals surface area (Å²) in [6, 6.07) is 3.72. The van der Waals surface area contributed by atoms with Crippen LogP contribution in [0.4, 0.5) is 16.2 Å². The summed E-state index contributed by atoms with van der Waals surface area (Å²) in [5.74, 6) is -0.729. The average molecular weight is 337 g/mol. The smallest absolute Gasteiger partial charge is 0.405 e. The summed E-state index contributed by atoms with van der Waals surface area (Å²) >= 11 is 0. The van der Waals surface area contributed by atoms with Crippen LogP contribution in [-0.2, 0) is 4.74 Å². The lowest BCUT2D eigenvalue weighted by Gasteiger charge is -2.40. The van der Waals surface area contributed by atoms with Crippen LogP contribution in [0.15, 0.2) is 18.2 Å². The van der Waals surface area contributed by atoms with Crippen molar-refractivity contribution in [1.82, 2.24) is 0 Å². The van der Waals surface area contributed by atoms with Crippen molar-refractivity contribution in [2.45, 2.75) is 50.5 Å². The summed E-state index contributed by atoms with van der Waals surface area (Å²) in [5, 5.41) is 22.7. The molecule has 1 fully saturated rings. The number of rotatable bonds is 5. The van der Waals surface area contributed by atoms with E-state index < -0.39 is 27.5 Å². The Morgan fingerprint density at radius 1 is 1.17 bits per heavy atom. The third kappa shape index (κ3) is 3.29. The lowest BCUT2D eigenvalue weighted by Crippen LogP contribution is -2.43. The molecule has 1 unspecified atom stereocenters. The summed E-state index contributed by atoms with van der Waals surface area (Å²) in [4.78, 5) is 32.8. The van der Waals surface area contributed by atoms with E-state index in [1.165, 1.54) is 18.2 Å². The van der Waals surface area contributed by atoms with Gasteiger partial charge in [-0.1, -0.05) is 13.3 Å². The molecule has 130 valence electrons. The number of benzene rings is 1. The minimum absolute atomic E-state index is 0.0318. The van der Waals surface area contributed by atoms with Crippen molar-refractivity contribution in [2.75, 3.05) is 0 Å². The van der Waals surface area contributed by atoms with Crippen LogP contribution in [0, 0.1) is 20.2 Å². The Balaban J connectivity index is 2.60. The van der Waals surface area contributed by atoms with Gasteiger partial charge in [-0.3, -0.25) is 20.2 Å². The van der Waals surface area contributed by atoms with Gasteiger partial charge in [0.2, 0.25) is 0 Å². The van der Waals surface area contributed by atoms with Crippen LogP contribution in [0.25, 0.3) is 0 Å². The van der Waals surface area contributed by atoms with Crippen molar-refractivity contribution in [3.8, 4) is 0 Å². The summed E-state index contributed by atoms with van der Waals surface area (Å²) < 4.78 is 5.36. The van der Waals surface area contributed by atoms with E-state index in [1.54, 1.807) is 6.92 Å². The zero-order chi connectivity index (χ0) is 17.9. The molecular weight excluding hydrogens is 318 g/mol. The van der Waals surface area contributed by atoms with E-state index in [-0.39, 0.29) is 16.9 Å². The van der Waals surface area contributed by atoms with Gasteiger partial charge in [-0.15, -0.1) is 0 Å². The van der Waals surface area contributed by atoms with Crippen molar-refractivity contribution < 1.29 is 19.4 Å². The number of amides is 1. The molecular formula is C15H19N3O6. The summed E-state index contributed by atoms with van der Waals surface area (Å²) in [7, 11) is 0. The summed E-state index contributed by atoms with van der Waals surface area (Å²) in [6.07, 6.45) is 2.39. The van der Waals surface area contributed by atoms with Gasteiger partial charge in [0.05, 0.1) is 9.85 Å². The molecule has 9 nitrogen and oxygen atoms in total. The number of carbonyl (C=O) groups is 1. The van der Waals surface area contributed by atoms with Crippen molar-refractivity contribution in [3.63, 3.8) is 0 Å². The molecule has 0 aliphatic heterocycles. The highest BCUT2D eigenvalue weighted by Crippen LogP contribution is 2.47. The fourth-order valence-corrected chi connectivity index (χ4v) is 3.54. The molecule has 1 aliphatic carbocycles. The molecule has 2 N–H and O–H groups in total. The standard InChI is InChI=1S/C15H19N3O6/c1-10(15(24-14(16)19)8-3-2-4-9-15)13-11(17(20)21)6-5-7-12(13)18(22)23/h5-7,10H,2-4,8-9H2,1H3,(H2,16,19). The molecule has 1 aromatic carbocycles. The SMILES string of the molecule is CC(c1c([N+](=O)[O-])cccc1[N+](=O)[O-])C1(OC(N)=O)CCCCC1. The normalized spacial score (nSPS) is 17.7. The first-order valence-electron chi connectivity index (χ1n) is 7.68. The number of nitrogens with zero attached hydrogens (tertiary/aromatic N) is 2. The number of nitrogens with two attached hydrogens (primary N) is 1. The number of nitro benzene ring substituents is 2. The molecule has 0 bridgehead atoms. The molecule has 0 aromatic heterocycles. The highest BCUT2D eigenvalue weighted by molar-refractivity contribution is 5.66. The van der Waals surface area contributed by atoms with E-state index in [0.717, 1.165) is 19.3 Å². The van der Waals surface area contributed by atoms with Crippen molar-refractivity contribution in [1.29, 1.82) is 0 Å². The van der Waals surface area contributed by atoms with Crippen LogP contribution in [0.5, 0.6) is 0 Å². The molecule has 1 atom stereocenters. The topological polar surface area (TPSA) is 139 Å². The first-order chi connectivity index (χ1) is 11.3. The van der Waals surface area contributed by atoms with Crippen LogP contribution in [0.2, 0.25) is 0 Å². The Labute approximate surface area is 138 Å². The Morgan fingerprint density at radius 2 is 1.67 bits per heavy atom. The largest absolute Gasteiger partial charge is 0.442 e. The van der Waals surface area contributed by atoms with Crippen molar-refractivity contribution in [2.24, 2.45) is 5.73 Å². The maximum Gasteiger partial charge on any atom is 0.405 e. The highest BCUT2D eigenvalue weighted by atomic mass is 16.6. The number of nitro groups is 2. The Morgan fingerprint density at radius 3 is 2.08 bits per heavy atom. The first-order valence-corrected chi connectivity index (χ1v) is 7.68. The Kier molecular flexibility index (Phi) is 5.01. The summed E-state index contributed by atoms with van der Waals surface area (Å²) in [5.41, 5.74) is 3.39. The van der Waals surface area contributed by atoms with Gasteiger partial charge in [-0.05, 0) is 31.7 Å². The van der Waals surface area contributed by atoms with Crippen LogP contribution in [0.1, 0.15) is 50.5 Å². The molecule has 1 aliphatic rings. The lowest BCUT2D eigenvalue weighted by molar-refractivity contribution is -0.396. The van der Waals surface area contributed by atoms with Crippen molar-refractivity contribution in [3.05, 3.63) is 44.0 Å². The fourth-order valence-electron chi connectivity index (χ4n) is 3.54. The van der Waals surface area contributed by atoms with E-state index in [2.05, 4.69) is 0 Å². The predicted molar refractivity (Wildman–Crippen MR) is 84.7 cm³/mol. The Bertz CT molecular complexity index is 637. The van der Waals surface area contributed by atoms with Crippen LogP contribution in [0.3, 0.4) is 0 Å². The maximum atomic E-state index is 11.4. The molecule has 2 rings (SSSR count). The van der Waals surface area contributed by atoms with Gasteiger partial charge in [0.1, 0.15) is 11.2 Å². The fraction of sp³-hybridized carbons (Fsp3) is 0.533. The maximum absolute atomic E-state index is 11.4. The predicted octanol–water partition coefficient (Wildman–Crippen LogP) is 3.40. The van der Waals surface area contributed by atoms with Gasteiger partial charge in [-0.25, -0.2) is 4.79 Å². The zero-order valence-corrected chi connectivity index (χ0v) is 13.3. The van der Waals surface area contributed by atoms with Gasteiger partial charge in [-0.2, -0.15) is 0 Å². The van der Waals surface area contributed by atoms with Gasteiger partial charge in [0, 0.05) is 18.1 Å². The number of hydrogen-bond donors (Lipinski definition) is 1. The van der Waals surface area contributed by atoms with E-state index in [1.807, 2.05) is 0 Å². The average Bonchev–Trinajstić information content (AvgIpc) is 2.53. The zero-order valence-electron chi connectivity index (χ0n) is 13.3. The second kappa shape index (κ2) is 6.81. The molecule has 9 heteroatoms. The van der Waals surface area contributed by atoms with Crippen molar-refractivity contribution >= 4 is 17.5 Å². The number of ether oxygens (including phenoxy) is 1. The van der Waals surface area contributed by atoms with E-state index >= 15 is 0 Å². The second-order valence-electron chi connectivity index (χ2n) is 5.99. The van der Waals surface area contributed by atoms with Gasteiger partial charge >= 0.3 is 6.09 Å². The van der Waals surface area contributed by atoms with Gasteiger partial charge in [0.25, 0.3) is 11.4 Å². The van der Waals surface area contributed by atoms with E-state index in [9.17, 15) is 25.0 Å². The molecule has 1 aromatic rings. The number of primary amides is 1. The van der Waals surface area contributed by atoms with E-state index in [4.69, 9.17) is 10.5 Å². The second-order valence-corrected chi connectivity index (χ2v) is 5.99. The van der Waals surface area contributed by atoms with Crippen LogP contribution >= 0.6 is 0 Å². The van der Waals surface area contributed by atoms with E-state index in [0.29, 0.717) is 12.8 Å². The lowest BCUT2D eigenvalue weighted by atomic mass is 9.72. The molecule has 0 heterocycles. The Hall–Kier alpha value is -2.71. The van der Waals surface area contributed by atoms with Gasteiger partial charge in [0.15, 0.2) is 0 Å². The molecule has 1 saturated carbocycles. The molecule has 0 saturated heterocycles. The molecule has 24 heavy (non-hydrogen) atoms. The quantitative estimate of drug-likeness (QED) is 0.645. The minimum Gasteiger partial charge on any atom is -0.442 e. The highest BCUT2D eigenvalue weighted by Gasteiger charge is 2.46.